The Labute approximate surface area is 142 Å². The number of nitrogens with one attached hydrogen (secondary N) is 1. The van der Waals surface area contributed by atoms with Crippen LogP contribution < -0.4 is 10.1 Å². The molecule has 0 aromatic heterocycles. The minimum Gasteiger partial charge on any atom is -0.496 e. The van der Waals surface area contributed by atoms with Crippen LogP contribution in [0.25, 0.3) is 0 Å². The smallest absolute Gasteiger partial charge is 0.416 e. The van der Waals surface area contributed by atoms with Crippen molar-refractivity contribution in [1.29, 1.82) is 0 Å². The van der Waals surface area contributed by atoms with E-state index < -0.39 is 17.6 Å². The van der Waals surface area contributed by atoms with Crippen molar-refractivity contribution in [2.24, 2.45) is 0 Å². The van der Waals surface area contributed by atoms with Crippen molar-refractivity contribution in [3.63, 3.8) is 0 Å². The summed E-state index contributed by atoms with van der Waals surface area (Å²) in [5.74, 6) is 0.237. The van der Waals surface area contributed by atoms with Crippen LogP contribution in [0.3, 0.4) is 0 Å². The zero-order chi connectivity index (χ0) is 17.9. The van der Waals surface area contributed by atoms with Crippen molar-refractivity contribution < 1.29 is 22.7 Å². The van der Waals surface area contributed by atoms with Gasteiger partial charge in [-0.15, -0.1) is 0 Å². The van der Waals surface area contributed by atoms with Crippen molar-refractivity contribution in [2.75, 3.05) is 12.4 Å². The van der Waals surface area contributed by atoms with Gasteiger partial charge in [-0.3, -0.25) is 4.79 Å². The molecule has 0 unspecified atom stereocenters. The van der Waals surface area contributed by atoms with Gasteiger partial charge in [-0.05, 0) is 42.3 Å². The second-order valence-corrected chi connectivity index (χ2v) is 5.63. The molecule has 1 amide bonds. The van der Waals surface area contributed by atoms with Gasteiger partial charge < -0.3 is 10.1 Å². The molecule has 24 heavy (non-hydrogen) atoms. The number of benzene rings is 2. The molecule has 0 aliphatic carbocycles. The molecule has 0 aliphatic rings. The summed E-state index contributed by atoms with van der Waals surface area (Å²) in [6, 6.07) is 8.03. The van der Waals surface area contributed by atoms with Crippen LogP contribution in [0.1, 0.15) is 16.7 Å². The van der Waals surface area contributed by atoms with E-state index in [4.69, 9.17) is 16.3 Å². The Balaban J connectivity index is 2.14. The van der Waals surface area contributed by atoms with E-state index in [2.05, 4.69) is 5.32 Å². The molecule has 1 N–H and O–H groups in total. The molecule has 128 valence electrons. The van der Waals surface area contributed by atoms with Crippen LogP contribution in [0.4, 0.5) is 18.9 Å². The third kappa shape index (κ3) is 4.41. The molecule has 3 nitrogen and oxygen atoms in total. The largest absolute Gasteiger partial charge is 0.496 e. The standard InChI is InChI=1S/C17H15ClF3NO2/c1-10-7-11(3-6-15(10)24-2)8-16(23)22-14-9-12(17(19,20)21)4-5-13(14)18/h3-7,9H,8H2,1-2H3,(H,22,23). The summed E-state index contributed by atoms with van der Waals surface area (Å²) in [4.78, 5) is 12.1. The Hall–Kier alpha value is -2.21. The van der Waals surface area contributed by atoms with Gasteiger partial charge in [-0.1, -0.05) is 23.7 Å². The number of alkyl halides is 3. The SMILES string of the molecule is COc1ccc(CC(=O)Nc2cc(C(F)(F)F)ccc2Cl)cc1C. The van der Waals surface area contributed by atoms with Gasteiger partial charge in [0.25, 0.3) is 0 Å². The van der Waals surface area contributed by atoms with Crippen molar-refractivity contribution in [2.45, 2.75) is 19.5 Å². The van der Waals surface area contributed by atoms with Gasteiger partial charge >= 0.3 is 6.18 Å². The predicted molar refractivity (Wildman–Crippen MR) is 86.5 cm³/mol. The van der Waals surface area contributed by atoms with Crippen molar-refractivity contribution in [3.8, 4) is 5.75 Å². The molecule has 0 aliphatic heterocycles. The summed E-state index contributed by atoms with van der Waals surface area (Å²) >= 11 is 5.86. The molecule has 2 rings (SSSR count). The van der Waals surface area contributed by atoms with E-state index in [-0.39, 0.29) is 17.1 Å². The maximum absolute atomic E-state index is 12.7. The van der Waals surface area contributed by atoms with Gasteiger partial charge in [0.2, 0.25) is 5.91 Å². The highest BCUT2D eigenvalue weighted by Crippen LogP contribution is 2.33. The molecule has 0 atom stereocenters. The number of hydrogen-bond acceptors (Lipinski definition) is 2. The molecule has 7 heteroatoms. The van der Waals surface area contributed by atoms with Crippen LogP contribution in [0.15, 0.2) is 36.4 Å². The Morgan fingerprint density at radius 3 is 2.50 bits per heavy atom. The minimum atomic E-state index is -4.50. The maximum Gasteiger partial charge on any atom is 0.416 e. The minimum absolute atomic E-state index is 0.0113. The Morgan fingerprint density at radius 2 is 1.92 bits per heavy atom. The lowest BCUT2D eigenvalue weighted by Gasteiger charge is -2.12. The Morgan fingerprint density at radius 1 is 1.21 bits per heavy atom. The van der Waals surface area contributed by atoms with E-state index in [0.717, 1.165) is 23.8 Å². The number of rotatable bonds is 4. The number of ether oxygens (including phenoxy) is 1. The van der Waals surface area contributed by atoms with Crippen LogP contribution >= 0.6 is 11.6 Å². The number of hydrogen-bond donors (Lipinski definition) is 1. The first-order valence-electron chi connectivity index (χ1n) is 7.01. The second kappa shape index (κ2) is 7.13. The first-order valence-corrected chi connectivity index (χ1v) is 7.38. The van der Waals surface area contributed by atoms with Crippen molar-refractivity contribution in [3.05, 3.63) is 58.1 Å². The summed E-state index contributed by atoms with van der Waals surface area (Å²) in [5.41, 5.74) is 0.637. The van der Waals surface area contributed by atoms with E-state index in [1.807, 2.05) is 6.92 Å². The summed E-state index contributed by atoms with van der Waals surface area (Å²) in [6.07, 6.45) is -4.49. The van der Waals surface area contributed by atoms with Gasteiger partial charge in [0, 0.05) is 0 Å². The van der Waals surface area contributed by atoms with E-state index in [1.54, 1.807) is 25.3 Å². The topological polar surface area (TPSA) is 38.3 Å². The van der Waals surface area contributed by atoms with E-state index in [0.29, 0.717) is 11.3 Å². The first kappa shape index (κ1) is 18.1. The highest BCUT2D eigenvalue weighted by Gasteiger charge is 2.31. The summed E-state index contributed by atoms with van der Waals surface area (Å²) in [5, 5.41) is 2.46. The molecule has 0 heterocycles. The summed E-state index contributed by atoms with van der Waals surface area (Å²) in [7, 11) is 1.55. The lowest BCUT2D eigenvalue weighted by Crippen LogP contribution is -2.15. The number of carbonyl (C=O) groups is 1. The van der Waals surface area contributed by atoms with E-state index in [1.165, 1.54) is 0 Å². The molecule has 0 spiro atoms. The third-order valence-corrected chi connectivity index (χ3v) is 3.72. The van der Waals surface area contributed by atoms with Gasteiger partial charge in [0.15, 0.2) is 0 Å². The fourth-order valence-corrected chi connectivity index (χ4v) is 2.39. The molecule has 2 aromatic carbocycles. The Bertz CT molecular complexity index is 760. The van der Waals surface area contributed by atoms with Crippen LogP contribution in [-0.4, -0.2) is 13.0 Å². The molecule has 0 saturated heterocycles. The number of methoxy groups -OCH3 is 1. The molecule has 0 saturated carbocycles. The number of carbonyl (C=O) groups excluding carboxylic acids is 1. The van der Waals surface area contributed by atoms with Crippen molar-refractivity contribution >= 4 is 23.2 Å². The molecule has 2 aromatic rings. The van der Waals surface area contributed by atoms with E-state index >= 15 is 0 Å². The summed E-state index contributed by atoms with van der Waals surface area (Å²) < 4.78 is 43.3. The zero-order valence-corrected chi connectivity index (χ0v) is 13.8. The predicted octanol–water partition coefficient (Wildman–Crippen LogP) is 4.86. The molecular formula is C17H15ClF3NO2. The van der Waals surface area contributed by atoms with Gasteiger partial charge in [-0.2, -0.15) is 13.2 Å². The second-order valence-electron chi connectivity index (χ2n) is 5.22. The fourth-order valence-electron chi connectivity index (χ4n) is 2.23. The monoisotopic (exact) mass is 357 g/mol. The van der Waals surface area contributed by atoms with Crippen LogP contribution in [0.2, 0.25) is 5.02 Å². The van der Waals surface area contributed by atoms with Gasteiger partial charge in [0.05, 0.1) is 29.8 Å². The van der Waals surface area contributed by atoms with Crippen LogP contribution in [-0.2, 0) is 17.4 Å². The molecule has 0 bridgehead atoms. The molecule has 0 radical (unpaired) electrons. The maximum atomic E-state index is 12.7. The fraction of sp³-hybridized carbons (Fsp3) is 0.235. The van der Waals surface area contributed by atoms with E-state index in [9.17, 15) is 18.0 Å². The average molecular weight is 358 g/mol. The zero-order valence-electron chi connectivity index (χ0n) is 13.0. The van der Waals surface area contributed by atoms with Gasteiger partial charge in [-0.25, -0.2) is 0 Å². The van der Waals surface area contributed by atoms with Crippen LogP contribution in [0.5, 0.6) is 5.75 Å². The number of anilines is 1. The highest BCUT2D eigenvalue weighted by atomic mass is 35.5. The van der Waals surface area contributed by atoms with Gasteiger partial charge in [0.1, 0.15) is 5.75 Å². The number of aryl methyl sites for hydroxylation is 1. The molecular weight excluding hydrogens is 343 g/mol. The first-order chi connectivity index (χ1) is 11.2. The average Bonchev–Trinajstić information content (AvgIpc) is 2.48. The lowest BCUT2D eigenvalue weighted by atomic mass is 10.1. The highest BCUT2D eigenvalue weighted by molar-refractivity contribution is 6.33. The third-order valence-electron chi connectivity index (χ3n) is 3.39. The Kier molecular flexibility index (Phi) is 5.39. The normalized spacial score (nSPS) is 11.2. The number of halogens is 4. The summed E-state index contributed by atoms with van der Waals surface area (Å²) in [6.45, 7) is 1.84. The lowest BCUT2D eigenvalue weighted by molar-refractivity contribution is -0.137. The van der Waals surface area contributed by atoms with Crippen molar-refractivity contribution in [1.82, 2.24) is 0 Å². The quantitative estimate of drug-likeness (QED) is 0.848. The van der Waals surface area contributed by atoms with Crippen LogP contribution in [0, 0.1) is 6.92 Å². The molecule has 0 fully saturated rings. The number of amides is 1.